The molecule has 1 fully saturated rings. The van der Waals surface area contributed by atoms with E-state index in [1.165, 1.54) is 6.07 Å². The van der Waals surface area contributed by atoms with E-state index in [9.17, 15) is 28.1 Å². The van der Waals surface area contributed by atoms with E-state index in [-0.39, 0.29) is 11.4 Å². The van der Waals surface area contributed by atoms with Crippen LogP contribution in [0.3, 0.4) is 0 Å². The van der Waals surface area contributed by atoms with Crippen LogP contribution in [0.5, 0.6) is 0 Å². The monoisotopic (exact) mass is 383 g/mol. The van der Waals surface area contributed by atoms with Crippen molar-refractivity contribution in [3.63, 3.8) is 0 Å². The van der Waals surface area contributed by atoms with Gasteiger partial charge in [0, 0.05) is 13.1 Å². The Kier molecular flexibility index (Phi) is 5.06. The maximum absolute atomic E-state index is 13.1. The van der Waals surface area contributed by atoms with Crippen LogP contribution < -0.4 is 10.2 Å². The van der Waals surface area contributed by atoms with Crippen LogP contribution in [0.2, 0.25) is 0 Å². The lowest BCUT2D eigenvalue weighted by molar-refractivity contribution is -0.402. The van der Waals surface area contributed by atoms with E-state index < -0.39 is 28.5 Å². The van der Waals surface area contributed by atoms with Gasteiger partial charge in [-0.2, -0.15) is 13.2 Å². The molecule has 10 heteroatoms. The molecule has 0 bridgehead atoms. The first-order chi connectivity index (χ1) is 12.8. The van der Waals surface area contributed by atoms with Gasteiger partial charge in [0.1, 0.15) is 4.92 Å². The minimum absolute atomic E-state index is 0.0178. The zero-order valence-electron chi connectivity index (χ0n) is 14.1. The molecule has 1 N–H and O–H groups in total. The molecular weight excluding hydrogens is 367 g/mol. The molecule has 2 heterocycles. The number of anilines is 2. The van der Waals surface area contributed by atoms with E-state index in [1.54, 1.807) is 0 Å². The smallest absolute Gasteiger partial charge is 0.395 e. The first-order valence-electron chi connectivity index (χ1n) is 8.27. The third kappa shape index (κ3) is 4.21. The van der Waals surface area contributed by atoms with Gasteiger partial charge in [0.05, 0.1) is 23.0 Å². The molecule has 0 saturated carbocycles. The molecular formula is C17H16F3N3O4. The molecule has 1 aliphatic heterocycles. The molecule has 0 radical (unpaired) electrons. The third-order valence-corrected chi connectivity index (χ3v) is 4.26. The summed E-state index contributed by atoms with van der Waals surface area (Å²) < 4.78 is 44.0. The Hall–Kier alpha value is -3.04. The van der Waals surface area contributed by atoms with Gasteiger partial charge >= 0.3 is 12.1 Å². The molecule has 7 nitrogen and oxygen atoms in total. The number of carbonyl (C=O) groups is 1. The molecule has 1 amide bonds. The highest BCUT2D eigenvalue weighted by Crippen LogP contribution is 2.36. The SMILES string of the molecule is O=C(Nc1cc(C(F)(F)F)ccc1N1CCCCC1)c1ccc([N+](=O)[O-])o1. The van der Waals surface area contributed by atoms with Crippen molar-refractivity contribution in [1.82, 2.24) is 0 Å². The number of furan rings is 1. The van der Waals surface area contributed by atoms with Gasteiger partial charge in [0.25, 0.3) is 5.91 Å². The number of piperidine rings is 1. The molecule has 0 atom stereocenters. The fraction of sp³-hybridized carbons (Fsp3) is 0.353. The first-order valence-corrected chi connectivity index (χ1v) is 8.27. The van der Waals surface area contributed by atoms with Gasteiger partial charge in [-0.3, -0.25) is 14.9 Å². The van der Waals surface area contributed by atoms with E-state index in [1.807, 2.05) is 4.90 Å². The zero-order valence-corrected chi connectivity index (χ0v) is 14.1. The molecule has 2 aromatic rings. The molecule has 0 aliphatic carbocycles. The minimum Gasteiger partial charge on any atom is -0.395 e. The van der Waals surface area contributed by atoms with Gasteiger partial charge < -0.3 is 14.6 Å². The topological polar surface area (TPSA) is 88.6 Å². The van der Waals surface area contributed by atoms with Gasteiger partial charge in [-0.1, -0.05) is 0 Å². The molecule has 1 saturated heterocycles. The Balaban J connectivity index is 1.92. The Morgan fingerprint density at radius 3 is 2.44 bits per heavy atom. The van der Waals surface area contributed by atoms with Crippen LogP contribution >= 0.6 is 0 Å². The summed E-state index contributed by atoms with van der Waals surface area (Å²) in [6.07, 6.45) is -1.73. The number of benzene rings is 1. The van der Waals surface area contributed by atoms with Crippen LogP contribution in [0.25, 0.3) is 0 Å². The fourth-order valence-electron chi connectivity index (χ4n) is 2.95. The predicted octanol–water partition coefficient (Wildman–Crippen LogP) is 4.45. The highest BCUT2D eigenvalue weighted by atomic mass is 19.4. The van der Waals surface area contributed by atoms with Crippen molar-refractivity contribution >= 4 is 23.2 Å². The molecule has 1 aromatic carbocycles. The highest BCUT2D eigenvalue weighted by Gasteiger charge is 2.32. The van der Waals surface area contributed by atoms with Crippen molar-refractivity contribution in [3.8, 4) is 0 Å². The van der Waals surface area contributed by atoms with Crippen LogP contribution in [0.4, 0.5) is 30.4 Å². The summed E-state index contributed by atoms with van der Waals surface area (Å²) >= 11 is 0. The van der Waals surface area contributed by atoms with E-state index in [0.717, 1.165) is 43.5 Å². The van der Waals surface area contributed by atoms with Gasteiger partial charge in [0.2, 0.25) is 0 Å². The highest BCUT2D eigenvalue weighted by molar-refractivity contribution is 6.04. The minimum atomic E-state index is -4.57. The number of nitro groups is 1. The largest absolute Gasteiger partial charge is 0.433 e. The van der Waals surface area contributed by atoms with Crippen molar-refractivity contribution in [3.05, 3.63) is 51.8 Å². The van der Waals surface area contributed by atoms with Crippen molar-refractivity contribution in [1.29, 1.82) is 0 Å². The van der Waals surface area contributed by atoms with Gasteiger partial charge in [-0.25, -0.2) is 0 Å². The Morgan fingerprint density at radius 1 is 1.15 bits per heavy atom. The van der Waals surface area contributed by atoms with Crippen LogP contribution in [-0.2, 0) is 6.18 Å². The molecule has 0 unspecified atom stereocenters. The summed E-state index contributed by atoms with van der Waals surface area (Å²) in [6.45, 7) is 1.33. The summed E-state index contributed by atoms with van der Waals surface area (Å²) in [5.41, 5.74) is -0.447. The lowest BCUT2D eigenvalue weighted by Gasteiger charge is -2.31. The van der Waals surface area contributed by atoms with Crippen molar-refractivity contribution in [2.24, 2.45) is 0 Å². The fourth-order valence-corrected chi connectivity index (χ4v) is 2.95. The number of halogens is 3. The summed E-state index contributed by atoms with van der Waals surface area (Å²) in [6, 6.07) is 5.26. The lowest BCUT2D eigenvalue weighted by atomic mass is 10.1. The number of nitrogens with zero attached hydrogens (tertiary/aromatic N) is 2. The predicted molar refractivity (Wildman–Crippen MR) is 90.8 cm³/mol. The van der Waals surface area contributed by atoms with E-state index in [2.05, 4.69) is 5.32 Å². The van der Waals surface area contributed by atoms with E-state index in [0.29, 0.717) is 18.8 Å². The lowest BCUT2D eigenvalue weighted by Crippen LogP contribution is -2.30. The number of nitrogens with one attached hydrogen (secondary N) is 1. The van der Waals surface area contributed by atoms with Gasteiger partial charge in [0.15, 0.2) is 5.76 Å². The zero-order chi connectivity index (χ0) is 19.6. The normalized spacial score (nSPS) is 14.9. The van der Waals surface area contributed by atoms with Crippen LogP contribution in [0, 0.1) is 10.1 Å². The summed E-state index contributed by atoms with van der Waals surface area (Å²) in [5, 5.41) is 13.1. The molecule has 1 aliphatic rings. The molecule has 1 aromatic heterocycles. The standard InChI is InChI=1S/C17H16F3N3O4/c18-17(19,20)11-4-5-13(22-8-2-1-3-9-22)12(10-11)21-16(24)14-6-7-15(27-14)23(25)26/h4-7,10H,1-3,8-9H2,(H,21,24). The van der Waals surface area contributed by atoms with Crippen LogP contribution in [0.15, 0.2) is 34.7 Å². The van der Waals surface area contributed by atoms with Crippen molar-refractivity contribution in [2.45, 2.75) is 25.4 Å². The van der Waals surface area contributed by atoms with E-state index >= 15 is 0 Å². The number of rotatable bonds is 4. The summed E-state index contributed by atoms with van der Waals surface area (Å²) in [5.74, 6) is -1.84. The quantitative estimate of drug-likeness (QED) is 0.622. The third-order valence-electron chi connectivity index (χ3n) is 4.26. The van der Waals surface area contributed by atoms with Crippen LogP contribution in [0.1, 0.15) is 35.4 Å². The maximum atomic E-state index is 13.1. The molecule has 27 heavy (non-hydrogen) atoms. The summed E-state index contributed by atoms with van der Waals surface area (Å²) in [7, 11) is 0. The number of amides is 1. The Bertz CT molecular complexity index is 857. The molecule has 0 spiro atoms. The Morgan fingerprint density at radius 2 is 1.85 bits per heavy atom. The second-order valence-corrected chi connectivity index (χ2v) is 6.13. The maximum Gasteiger partial charge on any atom is 0.433 e. The Labute approximate surface area is 151 Å². The van der Waals surface area contributed by atoms with Gasteiger partial charge in [-0.05, 0) is 43.5 Å². The first kappa shape index (κ1) is 18.7. The second-order valence-electron chi connectivity index (χ2n) is 6.13. The number of alkyl halides is 3. The van der Waals surface area contributed by atoms with Crippen LogP contribution in [-0.4, -0.2) is 23.9 Å². The van der Waals surface area contributed by atoms with Crippen molar-refractivity contribution < 1.29 is 27.3 Å². The molecule has 144 valence electrons. The average Bonchev–Trinajstić information content (AvgIpc) is 3.12. The number of hydrogen-bond acceptors (Lipinski definition) is 5. The molecule has 3 rings (SSSR count). The van der Waals surface area contributed by atoms with Gasteiger partial charge in [-0.15, -0.1) is 0 Å². The number of carbonyl (C=O) groups excluding carboxylic acids is 1. The summed E-state index contributed by atoms with van der Waals surface area (Å²) in [4.78, 5) is 24.1. The van der Waals surface area contributed by atoms with E-state index in [4.69, 9.17) is 4.42 Å². The second kappa shape index (κ2) is 7.29. The van der Waals surface area contributed by atoms with Crippen molar-refractivity contribution in [2.75, 3.05) is 23.3 Å². The average molecular weight is 383 g/mol. The number of hydrogen-bond donors (Lipinski definition) is 1.